The highest BCUT2D eigenvalue weighted by molar-refractivity contribution is 5.82. The van der Waals surface area contributed by atoms with E-state index >= 15 is 0 Å². The summed E-state index contributed by atoms with van der Waals surface area (Å²) in [7, 11) is 1.62. The number of nitrogens with zero attached hydrogens (tertiary/aromatic N) is 2. The Morgan fingerprint density at radius 3 is 2.59 bits per heavy atom. The number of amides is 1. The van der Waals surface area contributed by atoms with Crippen LogP contribution in [0.15, 0.2) is 18.5 Å². The van der Waals surface area contributed by atoms with Gasteiger partial charge in [0.15, 0.2) is 0 Å². The fraction of sp³-hybridized carbons (Fsp3) is 0.647. The van der Waals surface area contributed by atoms with Crippen molar-refractivity contribution in [3.8, 4) is 5.75 Å². The van der Waals surface area contributed by atoms with Gasteiger partial charge >= 0.3 is 0 Å². The molecule has 0 aliphatic carbocycles. The Kier molecular flexibility index (Phi) is 5.40. The zero-order valence-corrected chi connectivity index (χ0v) is 14.2. The molecule has 0 bridgehead atoms. The van der Waals surface area contributed by atoms with Gasteiger partial charge in [-0.1, -0.05) is 0 Å². The van der Waals surface area contributed by atoms with E-state index in [1.807, 2.05) is 19.9 Å². The summed E-state index contributed by atoms with van der Waals surface area (Å²) in [6, 6.07) is 2.57. The van der Waals surface area contributed by atoms with Crippen molar-refractivity contribution in [1.82, 2.24) is 15.2 Å². The maximum atomic E-state index is 12.6. The second-order valence-electron chi connectivity index (χ2n) is 6.25. The van der Waals surface area contributed by atoms with Crippen molar-refractivity contribution in [3.05, 3.63) is 24.0 Å². The molecule has 2 rings (SSSR count). The molecule has 0 spiro atoms. The Labute approximate surface area is 133 Å². The quantitative estimate of drug-likeness (QED) is 0.908. The van der Waals surface area contributed by atoms with Crippen molar-refractivity contribution in [1.29, 1.82) is 0 Å². The smallest absolute Gasteiger partial charge is 0.237 e. The van der Waals surface area contributed by atoms with Gasteiger partial charge in [-0.05, 0) is 46.6 Å². The third kappa shape index (κ3) is 3.40. The average Bonchev–Trinajstić information content (AvgIpc) is 2.85. The lowest BCUT2D eigenvalue weighted by molar-refractivity contribution is -0.127. The number of rotatable bonds is 5. The van der Waals surface area contributed by atoms with E-state index < -0.39 is 0 Å². The molecule has 0 aromatic carbocycles. The van der Waals surface area contributed by atoms with Crippen LogP contribution in [0.4, 0.5) is 0 Å². The van der Waals surface area contributed by atoms with Crippen LogP contribution in [0.2, 0.25) is 0 Å². The van der Waals surface area contributed by atoms with Gasteiger partial charge in [0.25, 0.3) is 0 Å². The number of hydrogen-bond acceptors (Lipinski definition) is 4. The Morgan fingerprint density at radius 1 is 1.36 bits per heavy atom. The first-order valence-corrected chi connectivity index (χ1v) is 8.01. The van der Waals surface area contributed by atoms with Gasteiger partial charge in [0, 0.05) is 23.8 Å². The van der Waals surface area contributed by atoms with Gasteiger partial charge in [-0.15, -0.1) is 0 Å². The lowest BCUT2D eigenvalue weighted by Gasteiger charge is -2.32. The molecule has 0 unspecified atom stereocenters. The summed E-state index contributed by atoms with van der Waals surface area (Å²) in [5.74, 6) is 0.762. The summed E-state index contributed by atoms with van der Waals surface area (Å²) < 4.78 is 5.32. The number of carbonyl (C=O) groups excluding carboxylic acids is 1. The van der Waals surface area contributed by atoms with Gasteiger partial charge < -0.3 is 10.1 Å². The second-order valence-corrected chi connectivity index (χ2v) is 6.25. The molecule has 122 valence electrons. The van der Waals surface area contributed by atoms with Crippen LogP contribution in [0.5, 0.6) is 5.75 Å². The Hall–Kier alpha value is -1.62. The fourth-order valence-electron chi connectivity index (χ4n) is 3.44. The van der Waals surface area contributed by atoms with Gasteiger partial charge in [-0.25, -0.2) is 0 Å². The number of nitrogens with one attached hydrogen (secondary N) is 1. The van der Waals surface area contributed by atoms with Crippen LogP contribution in [-0.4, -0.2) is 41.0 Å². The molecule has 1 amide bonds. The molecule has 1 aliphatic rings. The number of ether oxygens (including phenoxy) is 1. The molecule has 1 saturated heterocycles. The highest BCUT2D eigenvalue weighted by Crippen LogP contribution is 2.27. The largest absolute Gasteiger partial charge is 0.495 e. The molecule has 1 aromatic rings. The summed E-state index contributed by atoms with van der Waals surface area (Å²) in [6.07, 6.45) is 5.71. The number of aromatic nitrogens is 1. The molecule has 5 heteroatoms. The predicted octanol–water partition coefficient (Wildman–Crippen LogP) is 2.53. The van der Waals surface area contributed by atoms with E-state index in [1.54, 1.807) is 19.5 Å². The van der Waals surface area contributed by atoms with Gasteiger partial charge in [0.05, 0.1) is 25.4 Å². The predicted molar refractivity (Wildman–Crippen MR) is 86.8 cm³/mol. The van der Waals surface area contributed by atoms with Crippen molar-refractivity contribution in [2.75, 3.05) is 7.11 Å². The van der Waals surface area contributed by atoms with Gasteiger partial charge in [-0.2, -0.15) is 0 Å². The zero-order valence-electron chi connectivity index (χ0n) is 14.2. The van der Waals surface area contributed by atoms with Crippen molar-refractivity contribution in [2.45, 2.75) is 64.7 Å². The molecule has 5 nitrogen and oxygen atoms in total. The number of likely N-dealkylation sites (tertiary alicyclic amines) is 1. The molecule has 0 saturated carbocycles. The molecule has 1 fully saturated rings. The van der Waals surface area contributed by atoms with E-state index in [2.05, 4.69) is 29.0 Å². The van der Waals surface area contributed by atoms with Crippen molar-refractivity contribution < 1.29 is 9.53 Å². The van der Waals surface area contributed by atoms with Crippen molar-refractivity contribution in [3.63, 3.8) is 0 Å². The average molecular weight is 305 g/mol. The van der Waals surface area contributed by atoms with E-state index in [1.165, 1.54) is 0 Å². The molecule has 2 heterocycles. The standard InChI is InChI=1S/C17H27N3O2/c1-11-6-7-12(2)20(11)14(4)17(21)19-13(3)15-8-9-18-10-16(15)22-5/h8-14H,6-7H2,1-5H3,(H,19,21)/t11-,12-,13-,14-/m0/s1. The fourth-order valence-corrected chi connectivity index (χ4v) is 3.44. The summed E-state index contributed by atoms with van der Waals surface area (Å²) in [4.78, 5) is 19.0. The van der Waals surface area contributed by atoms with Gasteiger partial charge in [-0.3, -0.25) is 14.7 Å². The van der Waals surface area contributed by atoms with E-state index in [0.29, 0.717) is 17.8 Å². The minimum absolute atomic E-state index is 0.0620. The molecule has 1 aliphatic heterocycles. The van der Waals surface area contributed by atoms with Gasteiger partial charge in [0.1, 0.15) is 5.75 Å². The first-order valence-electron chi connectivity index (χ1n) is 8.01. The van der Waals surface area contributed by atoms with Gasteiger partial charge in [0.2, 0.25) is 5.91 Å². The third-order valence-electron chi connectivity index (χ3n) is 4.71. The van der Waals surface area contributed by atoms with Crippen LogP contribution in [0, 0.1) is 0 Å². The second kappa shape index (κ2) is 7.09. The summed E-state index contributed by atoms with van der Waals surface area (Å²) in [5.41, 5.74) is 0.945. The topological polar surface area (TPSA) is 54.5 Å². The molecular weight excluding hydrogens is 278 g/mol. The molecule has 4 atom stereocenters. The van der Waals surface area contributed by atoms with E-state index in [0.717, 1.165) is 18.4 Å². The minimum Gasteiger partial charge on any atom is -0.495 e. The highest BCUT2D eigenvalue weighted by atomic mass is 16.5. The summed E-state index contributed by atoms with van der Waals surface area (Å²) in [6.45, 7) is 8.36. The van der Waals surface area contributed by atoms with Crippen LogP contribution < -0.4 is 10.1 Å². The molecule has 1 N–H and O–H groups in total. The monoisotopic (exact) mass is 305 g/mol. The minimum atomic E-state index is -0.122. The molecule has 1 aromatic heterocycles. The van der Waals surface area contributed by atoms with Crippen LogP contribution in [-0.2, 0) is 4.79 Å². The Balaban J connectivity index is 2.04. The highest BCUT2D eigenvalue weighted by Gasteiger charge is 2.34. The van der Waals surface area contributed by atoms with Crippen LogP contribution in [0.3, 0.4) is 0 Å². The normalized spacial score (nSPS) is 24.8. The number of pyridine rings is 1. The third-order valence-corrected chi connectivity index (χ3v) is 4.71. The van der Waals surface area contributed by atoms with E-state index in [9.17, 15) is 4.79 Å². The summed E-state index contributed by atoms with van der Waals surface area (Å²) in [5, 5.41) is 3.10. The SMILES string of the molecule is COc1cnccc1[C@H](C)NC(=O)[C@H](C)N1[C@@H](C)CC[C@@H]1C. The van der Waals surface area contributed by atoms with E-state index in [-0.39, 0.29) is 18.0 Å². The first kappa shape index (κ1) is 16.7. The number of hydrogen-bond donors (Lipinski definition) is 1. The summed E-state index contributed by atoms with van der Waals surface area (Å²) >= 11 is 0. The Morgan fingerprint density at radius 2 is 2.00 bits per heavy atom. The maximum Gasteiger partial charge on any atom is 0.237 e. The molecule has 0 radical (unpaired) electrons. The maximum absolute atomic E-state index is 12.6. The molecular formula is C17H27N3O2. The van der Waals surface area contributed by atoms with Crippen LogP contribution >= 0.6 is 0 Å². The Bertz CT molecular complexity index is 510. The van der Waals surface area contributed by atoms with Crippen molar-refractivity contribution >= 4 is 5.91 Å². The van der Waals surface area contributed by atoms with Crippen LogP contribution in [0.25, 0.3) is 0 Å². The van der Waals surface area contributed by atoms with E-state index in [4.69, 9.17) is 4.74 Å². The lowest BCUT2D eigenvalue weighted by Crippen LogP contribution is -2.49. The zero-order chi connectivity index (χ0) is 16.3. The number of carbonyl (C=O) groups is 1. The van der Waals surface area contributed by atoms with Crippen LogP contribution in [0.1, 0.15) is 52.1 Å². The lowest BCUT2D eigenvalue weighted by atomic mass is 10.1. The number of methoxy groups -OCH3 is 1. The molecule has 22 heavy (non-hydrogen) atoms. The van der Waals surface area contributed by atoms with Crippen molar-refractivity contribution in [2.24, 2.45) is 0 Å². The first-order chi connectivity index (χ1) is 10.5.